The SMILES string of the molecule is CC(C)(C)OC(=O)N1CC2CCC(=O)C2C1.CC(C)(C)OC(=O)N1CC2CN(c3ccc([N+](=O)[O-])nc3)C(=O)C2C1.O=[N+]([O-])c1ccc(Br)cn1. The number of halogens is 1. The number of amides is 3. The second-order valence-corrected chi connectivity index (χ2v) is 15.6. The van der Waals surface area contributed by atoms with Gasteiger partial charge in [-0.05, 0) is 102 Å². The normalized spacial score (nSPS) is 22.3. The maximum Gasteiger partial charge on any atom is 0.410 e. The van der Waals surface area contributed by atoms with E-state index in [2.05, 4.69) is 25.9 Å². The zero-order valence-electron chi connectivity index (χ0n) is 29.3. The minimum Gasteiger partial charge on any atom is -0.444 e. The molecule has 0 N–H and O–H groups in total. The van der Waals surface area contributed by atoms with Gasteiger partial charge in [0.25, 0.3) is 0 Å². The Labute approximate surface area is 303 Å². The van der Waals surface area contributed by atoms with Crippen LogP contribution in [0.1, 0.15) is 54.4 Å². The summed E-state index contributed by atoms with van der Waals surface area (Å²) < 4.78 is 11.4. The van der Waals surface area contributed by atoms with Gasteiger partial charge in [-0.1, -0.05) is 0 Å². The summed E-state index contributed by atoms with van der Waals surface area (Å²) in [6.45, 7) is 13.5. The van der Waals surface area contributed by atoms with Gasteiger partial charge in [-0.3, -0.25) is 9.59 Å². The Morgan fingerprint density at radius 3 is 1.71 bits per heavy atom. The van der Waals surface area contributed by atoms with E-state index in [1.807, 2.05) is 20.8 Å². The molecule has 4 unspecified atom stereocenters. The van der Waals surface area contributed by atoms with Gasteiger partial charge in [-0.15, -0.1) is 0 Å². The molecule has 276 valence electrons. The minimum atomic E-state index is -0.580. The number of nitro groups is 2. The molecule has 5 heterocycles. The molecule has 17 nitrogen and oxygen atoms in total. The van der Waals surface area contributed by atoms with Gasteiger partial charge in [0.05, 0.1) is 16.1 Å². The molecule has 2 aromatic rings. The number of carbonyl (C=O) groups excluding carboxylic acids is 4. The first kappa shape index (κ1) is 39.1. The molecule has 0 aromatic carbocycles. The van der Waals surface area contributed by atoms with Gasteiger partial charge in [0.1, 0.15) is 17.0 Å². The third-order valence-corrected chi connectivity index (χ3v) is 8.96. The topological polar surface area (TPSA) is 209 Å². The number of rotatable bonds is 3. The predicted octanol–water partition coefficient (Wildman–Crippen LogP) is 5.40. The molecule has 1 saturated carbocycles. The predicted molar refractivity (Wildman–Crippen MR) is 186 cm³/mol. The summed E-state index contributed by atoms with van der Waals surface area (Å²) in [7, 11) is 0. The van der Waals surface area contributed by atoms with Crippen molar-refractivity contribution in [1.29, 1.82) is 0 Å². The van der Waals surface area contributed by atoms with Gasteiger partial charge >= 0.3 is 23.8 Å². The highest BCUT2D eigenvalue weighted by Crippen LogP contribution is 2.37. The molecule has 0 bridgehead atoms. The highest BCUT2D eigenvalue weighted by atomic mass is 79.9. The first-order chi connectivity index (χ1) is 23.7. The Balaban J connectivity index is 0.000000191. The Morgan fingerprint density at radius 1 is 0.765 bits per heavy atom. The number of hydrogen-bond acceptors (Lipinski definition) is 12. The fourth-order valence-electron chi connectivity index (χ4n) is 6.21. The number of carbonyl (C=O) groups is 4. The molecule has 6 rings (SSSR count). The first-order valence-corrected chi connectivity index (χ1v) is 17.2. The number of anilines is 1. The van der Waals surface area contributed by atoms with E-state index in [1.165, 1.54) is 30.6 Å². The summed E-state index contributed by atoms with van der Waals surface area (Å²) in [5.74, 6) is 0.0307. The number of pyridine rings is 2. The highest BCUT2D eigenvalue weighted by Gasteiger charge is 2.49. The van der Waals surface area contributed by atoms with Gasteiger partial charge in [-0.25, -0.2) is 9.59 Å². The van der Waals surface area contributed by atoms with E-state index >= 15 is 0 Å². The van der Waals surface area contributed by atoms with E-state index < -0.39 is 27.1 Å². The molecule has 1 aliphatic carbocycles. The van der Waals surface area contributed by atoms with E-state index in [0.29, 0.717) is 56.5 Å². The van der Waals surface area contributed by atoms with Crippen LogP contribution in [0.5, 0.6) is 0 Å². The Hall–Kier alpha value is -4.74. The van der Waals surface area contributed by atoms with Crippen molar-refractivity contribution in [2.75, 3.05) is 37.6 Å². The van der Waals surface area contributed by atoms with Crippen LogP contribution in [0.25, 0.3) is 0 Å². The molecule has 3 amide bonds. The van der Waals surface area contributed by atoms with Crippen LogP contribution < -0.4 is 4.90 Å². The Kier molecular flexibility index (Phi) is 12.0. The Morgan fingerprint density at radius 2 is 1.27 bits per heavy atom. The lowest BCUT2D eigenvalue weighted by Gasteiger charge is -2.25. The smallest absolute Gasteiger partial charge is 0.410 e. The number of ketones is 1. The van der Waals surface area contributed by atoms with Gasteiger partial charge < -0.3 is 44.4 Å². The number of likely N-dealkylation sites (tertiary alicyclic amines) is 2. The monoisotopic (exact) mass is 775 g/mol. The molecule has 3 aliphatic heterocycles. The van der Waals surface area contributed by atoms with Crippen LogP contribution in [0.15, 0.2) is 41.1 Å². The van der Waals surface area contributed by atoms with E-state index in [4.69, 9.17) is 9.47 Å². The van der Waals surface area contributed by atoms with Crippen molar-refractivity contribution in [2.45, 2.75) is 65.6 Å². The van der Waals surface area contributed by atoms with Crippen LogP contribution in [0.3, 0.4) is 0 Å². The van der Waals surface area contributed by atoms with Crippen molar-refractivity contribution in [1.82, 2.24) is 19.8 Å². The molecule has 0 radical (unpaired) electrons. The third-order valence-electron chi connectivity index (χ3n) is 8.49. The standard InChI is InChI=1S/C16H20N4O5.C12H19NO3.C5H3BrN2O2/c1-16(2,3)25-15(22)18-7-10-8-19(14(21)12(10)9-18)11-4-5-13(17-6-11)20(23)24;1-12(2,3)16-11(15)13-6-8-4-5-10(14)9(8)7-13;6-4-1-2-5(7-3-4)8(9)10/h4-6,10,12H,7-9H2,1-3H3;8-9H,4-7H2,1-3H3;1-3H. The van der Waals surface area contributed by atoms with Crippen LogP contribution in [0.2, 0.25) is 0 Å². The number of Topliss-reactive ketones (excluding diaryl/α,β-unsaturated/α-hetero) is 1. The molecule has 2 aromatic heterocycles. The lowest BCUT2D eigenvalue weighted by molar-refractivity contribution is -0.389. The summed E-state index contributed by atoms with van der Waals surface area (Å²) in [6, 6.07) is 5.72. The van der Waals surface area contributed by atoms with Crippen molar-refractivity contribution in [2.24, 2.45) is 23.7 Å². The largest absolute Gasteiger partial charge is 0.444 e. The van der Waals surface area contributed by atoms with Crippen LogP contribution in [0, 0.1) is 43.9 Å². The summed E-state index contributed by atoms with van der Waals surface area (Å²) in [6.07, 6.45) is 3.66. The average molecular weight is 777 g/mol. The number of ether oxygens (including phenoxy) is 2. The third kappa shape index (κ3) is 10.4. The zero-order chi connectivity index (χ0) is 37.8. The second-order valence-electron chi connectivity index (χ2n) is 14.7. The van der Waals surface area contributed by atoms with Crippen LogP contribution in [-0.2, 0) is 19.1 Å². The van der Waals surface area contributed by atoms with E-state index in [9.17, 15) is 39.4 Å². The molecular formula is C33H42BrN7O10. The average Bonchev–Trinajstić information content (AvgIpc) is 3.80. The van der Waals surface area contributed by atoms with Crippen molar-refractivity contribution < 1.29 is 38.5 Å². The number of aromatic nitrogens is 2. The van der Waals surface area contributed by atoms with Gasteiger partial charge in [-0.2, -0.15) is 0 Å². The van der Waals surface area contributed by atoms with Crippen molar-refractivity contribution in [3.8, 4) is 0 Å². The molecule has 4 aliphatic rings. The minimum absolute atomic E-state index is 0.0233. The van der Waals surface area contributed by atoms with Crippen LogP contribution >= 0.6 is 15.9 Å². The van der Waals surface area contributed by atoms with Crippen molar-refractivity contribution in [3.63, 3.8) is 0 Å². The molecule has 0 spiro atoms. The summed E-state index contributed by atoms with van der Waals surface area (Å²) in [4.78, 5) is 79.8. The first-order valence-electron chi connectivity index (χ1n) is 16.4. The number of fused-ring (bicyclic) bond motifs is 2. The van der Waals surface area contributed by atoms with Gasteiger partial charge in [0.2, 0.25) is 5.91 Å². The molecule has 4 atom stereocenters. The summed E-state index contributed by atoms with van der Waals surface area (Å²) >= 11 is 3.11. The lowest BCUT2D eigenvalue weighted by Crippen LogP contribution is -2.38. The quantitative estimate of drug-likeness (QED) is 0.283. The highest BCUT2D eigenvalue weighted by molar-refractivity contribution is 9.10. The maximum atomic E-state index is 12.6. The Bertz CT molecular complexity index is 1640. The van der Waals surface area contributed by atoms with E-state index in [1.54, 1.807) is 41.5 Å². The molecule has 18 heteroatoms. The van der Waals surface area contributed by atoms with Crippen LogP contribution in [-0.4, -0.2) is 97.4 Å². The van der Waals surface area contributed by atoms with E-state index in [-0.39, 0.29) is 41.4 Å². The molecule has 51 heavy (non-hydrogen) atoms. The number of hydrogen-bond donors (Lipinski definition) is 0. The molecular weight excluding hydrogens is 734 g/mol. The fraction of sp³-hybridized carbons (Fsp3) is 0.576. The fourth-order valence-corrected chi connectivity index (χ4v) is 6.44. The summed E-state index contributed by atoms with van der Waals surface area (Å²) in [5, 5.41) is 20.7. The lowest BCUT2D eigenvalue weighted by atomic mass is 10.0. The van der Waals surface area contributed by atoms with Gasteiger partial charge in [0.15, 0.2) is 12.4 Å². The molecule has 3 saturated heterocycles. The number of nitrogens with zero attached hydrogens (tertiary/aromatic N) is 7. The summed E-state index contributed by atoms with van der Waals surface area (Å²) in [5.41, 5.74) is -0.498. The zero-order valence-corrected chi connectivity index (χ0v) is 30.9. The van der Waals surface area contributed by atoms with Gasteiger partial charge in [0, 0.05) is 63.1 Å². The van der Waals surface area contributed by atoms with Crippen molar-refractivity contribution in [3.05, 3.63) is 61.4 Å². The van der Waals surface area contributed by atoms with E-state index in [0.717, 1.165) is 10.9 Å². The van der Waals surface area contributed by atoms with Crippen LogP contribution in [0.4, 0.5) is 26.9 Å². The second kappa shape index (κ2) is 15.7. The van der Waals surface area contributed by atoms with Crippen molar-refractivity contribution >= 4 is 57.1 Å². The maximum absolute atomic E-state index is 12.6. The molecule has 4 fully saturated rings.